The highest BCUT2D eigenvalue weighted by Gasteiger charge is 2.31. The van der Waals surface area contributed by atoms with Crippen molar-refractivity contribution >= 4 is 33.5 Å². The van der Waals surface area contributed by atoms with Crippen molar-refractivity contribution in [3.05, 3.63) is 63.1 Å². The Kier molecular flexibility index (Phi) is 6.22. The van der Waals surface area contributed by atoms with E-state index in [1.165, 1.54) is 0 Å². The van der Waals surface area contributed by atoms with Crippen molar-refractivity contribution in [2.24, 2.45) is 5.92 Å². The Hall–Kier alpha value is -1.56. The maximum Gasteiger partial charge on any atom is 0.306 e. The van der Waals surface area contributed by atoms with Crippen LogP contribution in [0.4, 0.5) is 0 Å². The van der Waals surface area contributed by atoms with Crippen molar-refractivity contribution in [1.29, 1.82) is 0 Å². The average Bonchev–Trinajstić information content (AvgIpc) is 2.64. The fourth-order valence-electron chi connectivity index (χ4n) is 3.56. The van der Waals surface area contributed by atoms with E-state index in [-0.39, 0.29) is 12.0 Å². The first-order chi connectivity index (χ1) is 12.5. The number of ether oxygens (including phenoxy) is 1. The highest BCUT2D eigenvalue weighted by molar-refractivity contribution is 9.10. The van der Waals surface area contributed by atoms with Gasteiger partial charge in [0.25, 0.3) is 0 Å². The molecule has 1 heterocycles. The number of piperidine rings is 1. The third-order valence-electron chi connectivity index (χ3n) is 4.92. The molecule has 138 valence electrons. The molecule has 0 bridgehead atoms. The first kappa shape index (κ1) is 19.2. The molecule has 1 saturated heterocycles. The van der Waals surface area contributed by atoms with Gasteiger partial charge in [0.05, 0.1) is 19.1 Å². The zero-order valence-corrected chi connectivity index (χ0v) is 16.8. The third-order valence-corrected chi connectivity index (χ3v) is 5.66. The van der Waals surface area contributed by atoms with E-state index in [1.54, 1.807) is 7.11 Å². The van der Waals surface area contributed by atoms with E-state index in [4.69, 9.17) is 16.3 Å². The highest BCUT2D eigenvalue weighted by atomic mass is 79.9. The van der Waals surface area contributed by atoms with Crippen molar-refractivity contribution < 1.29 is 14.6 Å². The summed E-state index contributed by atoms with van der Waals surface area (Å²) in [5.41, 5.74) is 2.16. The molecule has 26 heavy (non-hydrogen) atoms. The second kappa shape index (κ2) is 8.42. The Morgan fingerprint density at radius 1 is 1.23 bits per heavy atom. The maximum absolute atomic E-state index is 11.3. The molecule has 6 heteroatoms. The quantitative estimate of drug-likeness (QED) is 0.714. The highest BCUT2D eigenvalue weighted by Crippen LogP contribution is 2.38. The lowest BCUT2D eigenvalue weighted by atomic mass is 9.91. The Bertz CT molecular complexity index is 773. The average molecular weight is 439 g/mol. The van der Waals surface area contributed by atoms with Crippen LogP contribution in [-0.4, -0.2) is 36.2 Å². The minimum Gasteiger partial charge on any atom is -0.496 e. The molecule has 1 unspecified atom stereocenters. The van der Waals surface area contributed by atoms with Crippen LogP contribution in [0.1, 0.15) is 30.0 Å². The largest absolute Gasteiger partial charge is 0.496 e. The standard InChI is InChI=1S/C20H21BrClNO3/c1-26-18-7-4-15(21)12-17(18)19(13-2-5-16(22)6-3-13)23-10-8-14(9-11-23)20(24)25/h2-7,12,14,19H,8-11H2,1H3,(H,24,25). The molecule has 0 spiro atoms. The number of hydrogen-bond acceptors (Lipinski definition) is 3. The summed E-state index contributed by atoms with van der Waals surface area (Å²) in [7, 11) is 1.67. The summed E-state index contributed by atoms with van der Waals surface area (Å²) in [5.74, 6) is -0.150. The van der Waals surface area contributed by atoms with Crippen LogP contribution in [0.15, 0.2) is 46.9 Å². The lowest BCUT2D eigenvalue weighted by Gasteiger charge is -2.37. The van der Waals surface area contributed by atoms with Crippen molar-refractivity contribution in [2.45, 2.75) is 18.9 Å². The number of nitrogens with zero attached hydrogens (tertiary/aromatic N) is 1. The summed E-state index contributed by atoms with van der Waals surface area (Å²) in [6, 6.07) is 13.8. The normalized spacial score (nSPS) is 17.0. The predicted octanol–water partition coefficient (Wildman–Crippen LogP) is 5.00. The lowest BCUT2D eigenvalue weighted by Crippen LogP contribution is -2.39. The zero-order chi connectivity index (χ0) is 18.7. The van der Waals surface area contributed by atoms with E-state index in [9.17, 15) is 9.90 Å². The number of rotatable bonds is 5. The first-order valence-corrected chi connectivity index (χ1v) is 9.72. The van der Waals surface area contributed by atoms with Crippen molar-refractivity contribution in [3.63, 3.8) is 0 Å². The Labute approximate surface area is 166 Å². The van der Waals surface area contributed by atoms with Crippen LogP contribution in [0.25, 0.3) is 0 Å². The zero-order valence-electron chi connectivity index (χ0n) is 14.5. The number of hydrogen-bond donors (Lipinski definition) is 1. The van der Waals surface area contributed by atoms with E-state index in [2.05, 4.69) is 26.9 Å². The minimum atomic E-state index is -0.701. The van der Waals surface area contributed by atoms with Gasteiger partial charge in [-0.1, -0.05) is 39.7 Å². The van der Waals surface area contributed by atoms with E-state index >= 15 is 0 Å². The molecule has 1 aliphatic rings. The molecular formula is C20H21BrClNO3. The van der Waals surface area contributed by atoms with Crippen molar-refractivity contribution in [3.8, 4) is 5.75 Å². The topological polar surface area (TPSA) is 49.8 Å². The van der Waals surface area contributed by atoms with Crippen LogP contribution in [0, 0.1) is 5.92 Å². The Morgan fingerprint density at radius 3 is 2.46 bits per heavy atom. The molecule has 1 fully saturated rings. The van der Waals surface area contributed by atoms with Gasteiger partial charge in [-0.05, 0) is 61.8 Å². The van der Waals surface area contributed by atoms with Gasteiger partial charge < -0.3 is 9.84 Å². The molecule has 0 saturated carbocycles. The lowest BCUT2D eigenvalue weighted by molar-refractivity contribution is -0.143. The number of carboxylic acid groups (broad SMARTS) is 1. The summed E-state index contributed by atoms with van der Waals surface area (Å²) in [6.07, 6.45) is 1.30. The van der Waals surface area contributed by atoms with Crippen LogP contribution in [-0.2, 0) is 4.79 Å². The molecular weight excluding hydrogens is 418 g/mol. The minimum absolute atomic E-state index is 0.0190. The molecule has 1 aliphatic heterocycles. The molecule has 0 radical (unpaired) electrons. The van der Waals surface area contributed by atoms with Gasteiger partial charge in [-0.2, -0.15) is 0 Å². The summed E-state index contributed by atoms with van der Waals surface area (Å²) < 4.78 is 6.59. The molecule has 2 aromatic carbocycles. The number of carbonyl (C=O) groups is 1. The van der Waals surface area contributed by atoms with E-state index in [0.29, 0.717) is 17.9 Å². The Balaban J connectivity index is 1.99. The number of likely N-dealkylation sites (tertiary alicyclic amines) is 1. The van der Waals surface area contributed by atoms with Gasteiger partial charge >= 0.3 is 5.97 Å². The molecule has 1 atom stereocenters. The van der Waals surface area contributed by atoms with Gasteiger partial charge in [0, 0.05) is 15.1 Å². The maximum atomic E-state index is 11.3. The van der Waals surface area contributed by atoms with E-state index < -0.39 is 5.97 Å². The second-order valence-corrected chi connectivity index (χ2v) is 7.84. The molecule has 0 aliphatic carbocycles. The molecule has 3 rings (SSSR count). The molecule has 1 N–H and O–H groups in total. The number of aliphatic carboxylic acids is 1. The van der Waals surface area contributed by atoms with Crippen LogP contribution in [0.5, 0.6) is 5.75 Å². The molecule has 0 amide bonds. The fraction of sp³-hybridized carbons (Fsp3) is 0.350. The smallest absolute Gasteiger partial charge is 0.306 e. The van der Waals surface area contributed by atoms with Crippen LogP contribution in [0.2, 0.25) is 5.02 Å². The van der Waals surface area contributed by atoms with E-state index in [0.717, 1.165) is 34.4 Å². The van der Waals surface area contributed by atoms with Gasteiger partial charge in [-0.3, -0.25) is 9.69 Å². The summed E-state index contributed by atoms with van der Waals surface area (Å²) >= 11 is 9.63. The monoisotopic (exact) mass is 437 g/mol. The first-order valence-electron chi connectivity index (χ1n) is 8.55. The molecule has 4 nitrogen and oxygen atoms in total. The number of methoxy groups -OCH3 is 1. The summed E-state index contributed by atoms with van der Waals surface area (Å²) in [6.45, 7) is 1.44. The third kappa shape index (κ3) is 4.22. The fourth-order valence-corrected chi connectivity index (χ4v) is 4.06. The van der Waals surface area contributed by atoms with Crippen LogP contribution in [0.3, 0.4) is 0 Å². The van der Waals surface area contributed by atoms with Gasteiger partial charge in [-0.25, -0.2) is 0 Å². The van der Waals surface area contributed by atoms with Gasteiger partial charge in [0.15, 0.2) is 0 Å². The second-order valence-electron chi connectivity index (χ2n) is 6.49. The number of halogens is 2. The molecule has 2 aromatic rings. The Morgan fingerprint density at radius 2 is 1.88 bits per heavy atom. The van der Waals surface area contributed by atoms with Gasteiger partial charge in [-0.15, -0.1) is 0 Å². The molecule has 0 aromatic heterocycles. The predicted molar refractivity (Wildman–Crippen MR) is 106 cm³/mol. The summed E-state index contributed by atoms with van der Waals surface area (Å²) in [5, 5.41) is 9.98. The van der Waals surface area contributed by atoms with E-state index in [1.807, 2.05) is 36.4 Å². The van der Waals surface area contributed by atoms with Crippen LogP contribution < -0.4 is 4.74 Å². The van der Waals surface area contributed by atoms with Gasteiger partial charge in [0.2, 0.25) is 0 Å². The van der Waals surface area contributed by atoms with Crippen molar-refractivity contribution in [1.82, 2.24) is 4.90 Å². The number of carboxylic acids is 1. The van der Waals surface area contributed by atoms with Crippen LogP contribution >= 0.6 is 27.5 Å². The summed E-state index contributed by atoms with van der Waals surface area (Å²) in [4.78, 5) is 13.6. The number of benzene rings is 2. The SMILES string of the molecule is COc1ccc(Br)cc1C(c1ccc(Cl)cc1)N1CCC(C(=O)O)CC1. The van der Waals surface area contributed by atoms with Gasteiger partial charge in [0.1, 0.15) is 5.75 Å². The van der Waals surface area contributed by atoms with Crippen molar-refractivity contribution in [2.75, 3.05) is 20.2 Å².